The van der Waals surface area contributed by atoms with Crippen LogP contribution in [0.2, 0.25) is 0 Å². The third-order valence-electron chi connectivity index (χ3n) is 4.24. The average molecular weight is 329 g/mol. The molecule has 2 heterocycles. The number of thiazole rings is 1. The molecule has 6 heteroatoms. The zero-order valence-electron chi connectivity index (χ0n) is 12.9. The van der Waals surface area contributed by atoms with Crippen LogP contribution >= 0.6 is 11.3 Å². The number of hydrogen-bond acceptors (Lipinski definition) is 4. The number of aromatic nitrogens is 1. The molecule has 1 saturated heterocycles. The standard InChI is InChI=1S/C17H19N3O2S/c1-11-8-20(9-14(11)16(18)22)15(21)7-13-10-23-17(19-13)12-5-3-2-4-6-12/h2-6,10-11,14H,7-9H2,1H3,(H2,18,22)/t11-,14-/m1/s1. The van der Waals surface area contributed by atoms with Gasteiger partial charge in [0.2, 0.25) is 11.8 Å². The molecule has 1 aliphatic heterocycles. The van der Waals surface area contributed by atoms with Crippen LogP contribution in [0.25, 0.3) is 10.6 Å². The molecule has 120 valence electrons. The molecule has 2 aromatic rings. The highest BCUT2D eigenvalue weighted by molar-refractivity contribution is 7.13. The Bertz CT molecular complexity index is 714. The van der Waals surface area contributed by atoms with Crippen LogP contribution in [0, 0.1) is 11.8 Å². The van der Waals surface area contributed by atoms with Crippen LogP contribution in [0.15, 0.2) is 35.7 Å². The summed E-state index contributed by atoms with van der Waals surface area (Å²) in [5.74, 6) is -0.445. The number of amides is 2. The highest BCUT2D eigenvalue weighted by Crippen LogP contribution is 2.26. The molecule has 5 nitrogen and oxygen atoms in total. The minimum Gasteiger partial charge on any atom is -0.369 e. The summed E-state index contributed by atoms with van der Waals surface area (Å²) in [7, 11) is 0. The molecule has 0 saturated carbocycles. The van der Waals surface area contributed by atoms with Crippen LogP contribution in [0.4, 0.5) is 0 Å². The summed E-state index contributed by atoms with van der Waals surface area (Å²) in [6.45, 7) is 2.96. The van der Waals surface area contributed by atoms with Gasteiger partial charge in [-0.2, -0.15) is 0 Å². The highest BCUT2D eigenvalue weighted by atomic mass is 32.1. The Morgan fingerprint density at radius 2 is 2.04 bits per heavy atom. The quantitative estimate of drug-likeness (QED) is 0.931. The Hall–Kier alpha value is -2.21. The smallest absolute Gasteiger partial charge is 0.228 e. The van der Waals surface area contributed by atoms with Crippen molar-refractivity contribution in [2.24, 2.45) is 17.6 Å². The van der Waals surface area contributed by atoms with Crippen LogP contribution in [0.5, 0.6) is 0 Å². The summed E-state index contributed by atoms with van der Waals surface area (Å²) >= 11 is 1.54. The second-order valence-corrected chi connectivity index (χ2v) is 6.83. The number of hydrogen-bond donors (Lipinski definition) is 1. The number of nitrogens with zero attached hydrogens (tertiary/aromatic N) is 2. The Balaban J connectivity index is 1.65. The molecule has 0 aliphatic carbocycles. The Morgan fingerprint density at radius 1 is 1.30 bits per heavy atom. The van der Waals surface area contributed by atoms with Gasteiger partial charge in [-0.15, -0.1) is 11.3 Å². The normalized spacial score (nSPS) is 20.7. The Labute approximate surface area is 139 Å². The second-order valence-electron chi connectivity index (χ2n) is 5.97. The molecule has 1 aliphatic rings. The first-order chi connectivity index (χ1) is 11.0. The largest absolute Gasteiger partial charge is 0.369 e. The van der Waals surface area contributed by atoms with Gasteiger partial charge in [0, 0.05) is 24.0 Å². The molecule has 0 bridgehead atoms. The predicted octanol–water partition coefficient (Wildman–Crippen LogP) is 1.93. The molecule has 3 rings (SSSR count). The molecule has 23 heavy (non-hydrogen) atoms. The van der Waals surface area contributed by atoms with Gasteiger partial charge in [0.05, 0.1) is 18.0 Å². The lowest BCUT2D eigenvalue weighted by Crippen LogP contribution is -2.32. The summed E-state index contributed by atoms with van der Waals surface area (Å²) in [5, 5.41) is 2.84. The van der Waals surface area contributed by atoms with Gasteiger partial charge in [0.1, 0.15) is 5.01 Å². The van der Waals surface area contributed by atoms with Crippen molar-refractivity contribution in [3.05, 3.63) is 41.4 Å². The lowest BCUT2D eigenvalue weighted by Gasteiger charge is -2.15. The first kappa shape index (κ1) is 15.7. The fraction of sp³-hybridized carbons (Fsp3) is 0.353. The number of benzene rings is 1. The van der Waals surface area contributed by atoms with Crippen molar-refractivity contribution in [2.75, 3.05) is 13.1 Å². The summed E-state index contributed by atoms with van der Waals surface area (Å²) in [5.41, 5.74) is 7.21. The monoisotopic (exact) mass is 329 g/mol. The van der Waals surface area contributed by atoms with Crippen molar-refractivity contribution >= 4 is 23.2 Å². The van der Waals surface area contributed by atoms with Crippen molar-refractivity contribution in [1.82, 2.24) is 9.88 Å². The topological polar surface area (TPSA) is 76.3 Å². The molecule has 0 spiro atoms. The van der Waals surface area contributed by atoms with Gasteiger partial charge >= 0.3 is 0 Å². The fourth-order valence-corrected chi connectivity index (χ4v) is 3.73. The summed E-state index contributed by atoms with van der Waals surface area (Å²) in [6.07, 6.45) is 0.265. The maximum Gasteiger partial charge on any atom is 0.228 e. The number of rotatable bonds is 4. The van der Waals surface area contributed by atoms with E-state index in [1.54, 1.807) is 4.90 Å². The number of primary amides is 1. The molecule has 1 fully saturated rings. The van der Waals surface area contributed by atoms with E-state index in [0.29, 0.717) is 13.1 Å². The van der Waals surface area contributed by atoms with E-state index in [2.05, 4.69) is 4.98 Å². The van der Waals surface area contributed by atoms with Crippen molar-refractivity contribution in [3.8, 4) is 10.6 Å². The number of carbonyl (C=O) groups is 2. The first-order valence-electron chi connectivity index (χ1n) is 7.61. The zero-order valence-corrected chi connectivity index (χ0v) is 13.8. The van der Waals surface area contributed by atoms with Crippen molar-refractivity contribution in [3.63, 3.8) is 0 Å². The number of likely N-dealkylation sites (tertiary alicyclic amines) is 1. The van der Waals surface area contributed by atoms with Crippen molar-refractivity contribution < 1.29 is 9.59 Å². The molecule has 2 N–H and O–H groups in total. The van der Waals surface area contributed by atoms with E-state index in [1.807, 2.05) is 42.6 Å². The molecule has 1 aromatic heterocycles. The van der Waals surface area contributed by atoms with E-state index >= 15 is 0 Å². The third-order valence-corrected chi connectivity index (χ3v) is 5.18. The van der Waals surface area contributed by atoms with Crippen LogP contribution in [-0.2, 0) is 16.0 Å². The minimum atomic E-state index is -0.326. The van der Waals surface area contributed by atoms with E-state index in [9.17, 15) is 9.59 Å². The van der Waals surface area contributed by atoms with E-state index in [1.165, 1.54) is 11.3 Å². The van der Waals surface area contributed by atoms with E-state index in [0.717, 1.165) is 16.3 Å². The number of nitrogens with two attached hydrogens (primary N) is 1. The number of carbonyl (C=O) groups excluding carboxylic acids is 2. The third kappa shape index (κ3) is 3.42. The van der Waals surface area contributed by atoms with Crippen LogP contribution in [-0.4, -0.2) is 34.8 Å². The fourth-order valence-electron chi connectivity index (χ4n) is 2.91. The van der Waals surface area contributed by atoms with Crippen LogP contribution in [0.1, 0.15) is 12.6 Å². The SMILES string of the molecule is C[C@@H]1CN(C(=O)Cc2csc(-c3ccccc3)n2)C[C@H]1C(N)=O. The lowest BCUT2D eigenvalue weighted by atomic mass is 9.98. The van der Waals surface area contributed by atoms with E-state index in [-0.39, 0.29) is 30.1 Å². The van der Waals surface area contributed by atoms with Gasteiger partial charge in [-0.25, -0.2) is 4.98 Å². The Kier molecular flexibility index (Phi) is 4.43. The van der Waals surface area contributed by atoms with Gasteiger partial charge < -0.3 is 10.6 Å². The minimum absolute atomic E-state index is 0.00510. The summed E-state index contributed by atoms with van der Waals surface area (Å²) in [4.78, 5) is 30.1. The predicted molar refractivity (Wildman–Crippen MR) is 89.7 cm³/mol. The second kappa shape index (κ2) is 6.50. The molecule has 0 radical (unpaired) electrons. The summed E-state index contributed by atoms with van der Waals surface area (Å²) in [6, 6.07) is 9.91. The molecular weight excluding hydrogens is 310 g/mol. The first-order valence-corrected chi connectivity index (χ1v) is 8.49. The molecule has 0 unspecified atom stereocenters. The zero-order chi connectivity index (χ0) is 16.4. The maximum absolute atomic E-state index is 12.4. The van der Waals surface area contributed by atoms with Crippen LogP contribution < -0.4 is 5.73 Å². The van der Waals surface area contributed by atoms with Gasteiger partial charge in [-0.1, -0.05) is 37.3 Å². The highest BCUT2D eigenvalue weighted by Gasteiger charge is 2.35. The van der Waals surface area contributed by atoms with Gasteiger partial charge in [0.15, 0.2) is 0 Å². The molecular formula is C17H19N3O2S. The van der Waals surface area contributed by atoms with Gasteiger partial charge in [-0.3, -0.25) is 9.59 Å². The van der Waals surface area contributed by atoms with Gasteiger partial charge in [0.25, 0.3) is 0 Å². The maximum atomic E-state index is 12.4. The lowest BCUT2D eigenvalue weighted by molar-refractivity contribution is -0.129. The van der Waals surface area contributed by atoms with Gasteiger partial charge in [-0.05, 0) is 5.92 Å². The van der Waals surface area contributed by atoms with E-state index in [4.69, 9.17) is 5.73 Å². The Morgan fingerprint density at radius 3 is 2.70 bits per heavy atom. The molecule has 2 amide bonds. The average Bonchev–Trinajstić information content (AvgIpc) is 3.15. The summed E-state index contributed by atoms with van der Waals surface area (Å²) < 4.78 is 0. The molecule has 2 atom stereocenters. The van der Waals surface area contributed by atoms with Crippen LogP contribution in [0.3, 0.4) is 0 Å². The van der Waals surface area contributed by atoms with Crippen molar-refractivity contribution in [2.45, 2.75) is 13.3 Å². The van der Waals surface area contributed by atoms with E-state index < -0.39 is 0 Å². The van der Waals surface area contributed by atoms with Crippen molar-refractivity contribution in [1.29, 1.82) is 0 Å². The molecule has 1 aromatic carbocycles.